The van der Waals surface area contributed by atoms with Crippen molar-refractivity contribution in [3.63, 3.8) is 0 Å². The second kappa shape index (κ2) is 3.63. The van der Waals surface area contributed by atoms with E-state index >= 15 is 0 Å². The lowest BCUT2D eigenvalue weighted by Crippen LogP contribution is -2.55. The molecular formula is C12H13NO3S. The van der Waals surface area contributed by atoms with E-state index in [4.69, 9.17) is 0 Å². The summed E-state index contributed by atoms with van der Waals surface area (Å²) in [6.45, 7) is 1.85. The molecule has 0 aliphatic carbocycles. The van der Waals surface area contributed by atoms with Gasteiger partial charge in [-0.2, -0.15) is 11.8 Å². The van der Waals surface area contributed by atoms with Crippen LogP contribution in [0.2, 0.25) is 0 Å². The number of carbonyl (C=O) groups is 2. The van der Waals surface area contributed by atoms with Crippen molar-refractivity contribution in [1.29, 1.82) is 0 Å². The molecule has 90 valence electrons. The minimum atomic E-state index is -0.956. The number of β-lactam (4-membered cyclic amide) rings is 1. The van der Waals surface area contributed by atoms with Crippen LogP contribution in [0.5, 0.6) is 0 Å². The van der Waals surface area contributed by atoms with Gasteiger partial charge in [0.05, 0.1) is 6.04 Å². The molecule has 3 aliphatic rings. The molecule has 0 aromatic carbocycles. The van der Waals surface area contributed by atoms with Crippen LogP contribution < -0.4 is 0 Å². The second-order valence-electron chi connectivity index (χ2n) is 4.47. The maximum Gasteiger partial charge on any atom is 0.352 e. The predicted molar refractivity (Wildman–Crippen MR) is 64.5 cm³/mol. The number of allylic oxidation sites excluding steroid dienone is 1. The van der Waals surface area contributed by atoms with Crippen LogP contribution in [0.3, 0.4) is 0 Å². The van der Waals surface area contributed by atoms with E-state index in [1.807, 2.05) is 24.8 Å². The largest absolute Gasteiger partial charge is 0.477 e. The van der Waals surface area contributed by atoms with Gasteiger partial charge in [0, 0.05) is 17.2 Å². The normalized spacial score (nSPS) is 33.6. The van der Waals surface area contributed by atoms with E-state index < -0.39 is 5.97 Å². The number of nitrogens with zero attached hydrogens (tertiary/aromatic N) is 1. The standard InChI is InChI=1S/C12H13NO3S/c1-2-6-9-8-5-17-4-3-7(8)10(12(15)16)13(9)11(6)14/h2,8-9H,3-5H2,1H3,(H,15,16)/b6-2+/t8?,9-/m0/s1. The van der Waals surface area contributed by atoms with Crippen LogP contribution in [-0.2, 0) is 9.59 Å². The zero-order chi connectivity index (χ0) is 12.2. The summed E-state index contributed by atoms with van der Waals surface area (Å²) < 4.78 is 0. The van der Waals surface area contributed by atoms with Gasteiger partial charge in [-0.15, -0.1) is 0 Å². The Morgan fingerprint density at radius 1 is 1.59 bits per heavy atom. The molecule has 2 atom stereocenters. The molecule has 0 aromatic heterocycles. The van der Waals surface area contributed by atoms with Gasteiger partial charge in [-0.3, -0.25) is 9.69 Å². The average Bonchev–Trinajstić information content (AvgIpc) is 2.61. The van der Waals surface area contributed by atoms with Gasteiger partial charge in [-0.05, 0) is 24.7 Å². The number of rotatable bonds is 1. The highest BCUT2D eigenvalue weighted by atomic mass is 32.2. The molecule has 3 aliphatic heterocycles. The van der Waals surface area contributed by atoms with E-state index in [-0.39, 0.29) is 23.6 Å². The molecule has 3 rings (SSSR count). The number of carboxylic acids is 1. The lowest BCUT2D eigenvalue weighted by atomic mass is 9.84. The number of fused-ring (bicyclic) bond motifs is 3. The van der Waals surface area contributed by atoms with Crippen molar-refractivity contribution in [1.82, 2.24) is 4.90 Å². The highest BCUT2D eigenvalue weighted by molar-refractivity contribution is 7.99. The van der Waals surface area contributed by atoms with Crippen molar-refractivity contribution in [3.05, 3.63) is 22.9 Å². The number of carbonyl (C=O) groups excluding carboxylic acids is 1. The average molecular weight is 251 g/mol. The Balaban J connectivity index is 2.07. The van der Waals surface area contributed by atoms with Gasteiger partial charge in [0.15, 0.2) is 0 Å². The van der Waals surface area contributed by atoms with Gasteiger partial charge < -0.3 is 5.11 Å². The molecule has 0 aromatic rings. The first-order valence-corrected chi connectivity index (χ1v) is 6.86. The smallest absolute Gasteiger partial charge is 0.352 e. The van der Waals surface area contributed by atoms with Gasteiger partial charge in [-0.25, -0.2) is 4.79 Å². The molecule has 0 bridgehead atoms. The topological polar surface area (TPSA) is 57.6 Å². The van der Waals surface area contributed by atoms with Crippen molar-refractivity contribution in [3.8, 4) is 0 Å². The van der Waals surface area contributed by atoms with Gasteiger partial charge in [0.2, 0.25) is 0 Å². The first kappa shape index (κ1) is 10.9. The first-order chi connectivity index (χ1) is 8.16. The summed E-state index contributed by atoms with van der Waals surface area (Å²) in [5, 5.41) is 9.27. The Morgan fingerprint density at radius 3 is 3.00 bits per heavy atom. The zero-order valence-electron chi connectivity index (χ0n) is 9.47. The molecule has 5 heteroatoms. The fourth-order valence-electron chi connectivity index (χ4n) is 3.05. The van der Waals surface area contributed by atoms with E-state index in [1.54, 1.807) is 0 Å². The van der Waals surface area contributed by atoms with Crippen LogP contribution in [0.25, 0.3) is 0 Å². The molecule has 1 amide bonds. The zero-order valence-corrected chi connectivity index (χ0v) is 10.3. The third-order valence-electron chi connectivity index (χ3n) is 3.76. The monoisotopic (exact) mass is 251 g/mol. The van der Waals surface area contributed by atoms with Crippen molar-refractivity contribution < 1.29 is 14.7 Å². The minimum Gasteiger partial charge on any atom is -0.477 e. The SMILES string of the molecule is C/C=C1/C(=O)N2C(C(=O)O)=C3CCSCC3[C@H]12. The van der Waals surface area contributed by atoms with Crippen molar-refractivity contribution in [2.75, 3.05) is 11.5 Å². The fourth-order valence-corrected chi connectivity index (χ4v) is 4.21. The molecule has 1 unspecified atom stereocenters. The maximum absolute atomic E-state index is 11.9. The predicted octanol–water partition coefficient (Wildman–Crippen LogP) is 1.25. The lowest BCUT2D eigenvalue weighted by molar-refractivity contribution is -0.142. The summed E-state index contributed by atoms with van der Waals surface area (Å²) in [5.74, 6) is 1.04. The van der Waals surface area contributed by atoms with Crippen molar-refractivity contribution >= 4 is 23.6 Å². The third kappa shape index (κ3) is 1.26. The minimum absolute atomic E-state index is 0.00130. The molecule has 17 heavy (non-hydrogen) atoms. The van der Waals surface area contributed by atoms with Crippen LogP contribution in [0.1, 0.15) is 13.3 Å². The number of thioether (sulfide) groups is 1. The lowest BCUT2D eigenvalue weighted by Gasteiger charge is -2.41. The molecule has 2 saturated heterocycles. The maximum atomic E-state index is 11.9. The van der Waals surface area contributed by atoms with E-state index in [0.29, 0.717) is 0 Å². The third-order valence-corrected chi connectivity index (χ3v) is 4.85. The highest BCUT2D eigenvalue weighted by Gasteiger charge is 2.56. The summed E-state index contributed by atoms with van der Waals surface area (Å²) >= 11 is 1.85. The molecular weight excluding hydrogens is 238 g/mol. The highest BCUT2D eigenvalue weighted by Crippen LogP contribution is 2.49. The number of carboxylic acid groups (broad SMARTS) is 1. The van der Waals surface area contributed by atoms with Crippen LogP contribution in [0.4, 0.5) is 0 Å². The Morgan fingerprint density at radius 2 is 2.35 bits per heavy atom. The van der Waals surface area contributed by atoms with E-state index in [1.165, 1.54) is 4.90 Å². The Hall–Kier alpha value is -1.23. The Bertz CT molecular complexity index is 480. The van der Waals surface area contributed by atoms with Crippen LogP contribution >= 0.6 is 11.8 Å². The molecule has 1 N–H and O–H groups in total. The first-order valence-electron chi connectivity index (χ1n) is 5.70. The Labute approximate surface area is 103 Å². The van der Waals surface area contributed by atoms with Gasteiger partial charge in [0.25, 0.3) is 5.91 Å². The van der Waals surface area contributed by atoms with Crippen LogP contribution in [0.15, 0.2) is 22.9 Å². The van der Waals surface area contributed by atoms with Crippen molar-refractivity contribution in [2.45, 2.75) is 19.4 Å². The molecule has 0 saturated carbocycles. The number of hydrogen-bond donors (Lipinski definition) is 1. The molecule has 3 heterocycles. The summed E-state index contributed by atoms with van der Waals surface area (Å²) in [6.07, 6.45) is 2.62. The van der Waals surface area contributed by atoms with Crippen LogP contribution in [0, 0.1) is 5.92 Å². The molecule has 2 fully saturated rings. The quantitative estimate of drug-likeness (QED) is 0.563. The fraction of sp³-hybridized carbons (Fsp3) is 0.500. The van der Waals surface area contributed by atoms with E-state index in [9.17, 15) is 14.7 Å². The van der Waals surface area contributed by atoms with Crippen molar-refractivity contribution in [2.24, 2.45) is 5.92 Å². The van der Waals surface area contributed by atoms with Gasteiger partial charge in [-0.1, -0.05) is 6.08 Å². The summed E-state index contributed by atoms with van der Waals surface area (Å²) in [5.41, 5.74) is 2.02. The van der Waals surface area contributed by atoms with E-state index in [2.05, 4.69) is 0 Å². The summed E-state index contributed by atoms with van der Waals surface area (Å²) in [6, 6.07) is 0.00130. The molecule has 0 radical (unpaired) electrons. The number of amides is 1. The van der Waals surface area contributed by atoms with Crippen LogP contribution in [-0.4, -0.2) is 39.4 Å². The molecule has 4 nitrogen and oxygen atoms in total. The Kier molecular flexibility index (Phi) is 2.33. The number of aliphatic carboxylic acids is 1. The van der Waals surface area contributed by atoms with E-state index in [0.717, 1.165) is 29.1 Å². The van der Waals surface area contributed by atoms with Gasteiger partial charge >= 0.3 is 5.97 Å². The molecule has 0 spiro atoms. The van der Waals surface area contributed by atoms with Gasteiger partial charge in [0.1, 0.15) is 5.70 Å². The summed E-state index contributed by atoms with van der Waals surface area (Å²) in [7, 11) is 0. The summed E-state index contributed by atoms with van der Waals surface area (Å²) in [4.78, 5) is 24.7. The second-order valence-corrected chi connectivity index (χ2v) is 5.62. The number of hydrogen-bond acceptors (Lipinski definition) is 3.